The smallest absolute Gasteiger partial charge is 0.124 e. The number of aromatic hydroxyl groups is 2. The molecule has 0 fully saturated rings. The van der Waals surface area contributed by atoms with E-state index in [4.69, 9.17) is 10.7 Å². The maximum absolute atomic E-state index is 11.1. The van der Waals surface area contributed by atoms with Gasteiger partial charge in [0.15, 0.2) is 0 Å². The molecular weight excluding hydrogens is 484 g/mol. The summed E-state index contributed by atoms with van der Waals surface area (Å²) < 4.78 is 0. The van der Waals surface area contributed by atoms with Gasteiger partial charge in [-0.25, -0.2) is 0 Å². The predicted molar refractivity (Wildman–Crippen MR) is 163 cm³/mol. The van der Waals surface area contributed by atoms with Crippen LogP contribution in [0.15, 0.2) is 76.0 Å². The average molecular weight is 527 g/mol. The van der Waals surface area contributed by atoms with Gasteiger partial charge in [0, 0.05) is 67.0 Å². The molecule has 0 saturated carbocycles. The number of nitrogens with two attached hydrogens (primary N) is 1. The third-order valence-corrected chi connectivity index (χ3v) is 7.62. The van der Waals surface area contributed by atoms with E-state index in [2.05, 4.69) is 49.1 Å². The summed E-state index contributed by atoms with van der Waals surface area (Å²) in [6.45, 7) is 9.24. The van der Waals surface area contributed by atoms with Crippen molar-refractivity contribution in [3.63, 3.8) is 0 Å². The van der Waals surface area contributed by atoms with E-state index in [1.54, 1.807) is 18.3 Å². The molecule has 0 radical (unpaired) electrons. The van der Waals surface area contributed by atoms with Crippen molar-refractivity contribution in [3.8, 4) is 11.5 Å². The van der Waals surface area contributed by atoms with E-state index in [1.807, 2.05) is 24.3 Å². The van der Waals surface area contributed by atoms with Gasteiger partial charge in [-0.15, -0.1) is 0 Å². The van der Waals surface area contributed by atoms with Crippen LogP contribution in [0, 0.1) is 5.92 Å². The van der Waals surface area contributed by atoms with Gasteiger partial charge >= 0.3 is 0 Å². The van der Waals surface area contributed by atoms with E-state index in [1.165, 1.54) is 11.1 Å². The van der Waals surface area contributed by atoms with Crippen molar-refractivity contribution < 1.29 is 10.2 Å². The molecule has 2 aromatic carbocycles. The Labute approximate surface area is 233 Å². The van der Waals surface area contributed by atoms with Crippen LogP contribution in [-0.4, -0.2) is 53.2 Å². The van der Waals surface area contributed by atoms with E-state index in [9.17, 15) is 10.2 Å². The van der Waals surface area contributed by atoms with Crippen molar-refractivity contribution >= 4 is 17.5 Å². The van der Waals surface area contributed by atoms with Gasteiger partial charge in [0.25, 0.3) is 0 Å². The Balaban J connectivity index is 1.65. The van der Waals surface area contributed by atoms with Crippen LogP contribution in [0.25, 0.3) is 5.57 Å². The van der Waals surface area contributed by atoms with Gasteiger partial charge in [-0.1, -0.05) is 55.3 Å². The molecule has 1 aliphatic heterocycles. The lowest BCUT2D eigenvalue weighted by molar-refractivity contribution is 0.457. The minimum atomic E-state index is 0.218. The van der Waals surface area contributed by atoms with Crippen LogP contribution in [0.5, 0.6) is 11.5 Å². The van der Waals surface area contributed by atoms with E-state index >= 15 is 0 Å². The Kier molecular flexibility index (Phi) is 9.77. The van der Waals surface area contributed by atoms with Gasteiger partial charge in [0.2, 0.25) is 0 Å². The summed E-state index contributed by atoms with van der Waals surface area (Å²) in [6.07, 6.45) is 13.0. The number of unbranched alkanes of at least 4 members (excludes halogenated alkanes) is 1. The summed E-state index contributed by atoms with van der Waals surface area (Å²) in [5.74, 6) is 0.939. The molecule has 0 spiro atoms. The summed E-state index contributed by atoms with van der Waals surface area (Å²) in [6, 6.07) is 11.3. The number of rotatable bonds is 11. The minimum Gasteiger partial charge on any atom is -0.507 e. The normalized spacial score (nSPS) is 16.4. The van der Waals surface area contributed by atoms with Crippen molar-refractivity contribution in [1.82, 2.24) is 4.90 Å². The molecule has 2 aliphatic rings. The number of fused-ring (bicyclic) bond motifs is 2. The Morgan fingerprint density at radius 3 is 2.31 bits per heavy atom. The van der Waals surface area contributed by atoms with Gasteiger partial charge in [-0.3, -0.25) is 9.98 Å². The van der Waals surface area contributed by atoms with Crippen LogP contribution in [0.3, 0.4) is 0 Å². The molecule has 0 bridgehead atoms. The molecule has 0 aromatic heterocycles. The maximum atomic E-state index is 11.1. The quantitative estimate of drug-likeness (QED) is 0.198. The molecule has 1 aliphatic carbocycles. The second kappa shape index (κ2) is 13.4. The number of hydrogen-bond donors (Lipinski definition) is 3. The van der Waals surface area contributed by atoms with Gasteiger partial charge < -0.3 is 20.8 Å². The van der Waals surface area contributed by atoms with Gasteiger partial charge in [-0.05, 0) is 62.7 Å². The van der Waals surface area contributed by atoms with Crippen LogP contribution >= 0.6 is 0 Å². The Hall–Kier alpha value is -3.64. The molecule has 0 saturated heterocycles. The number of hydrogen-bond acceptors (Lipinski definition) is 6. The van der Waals surface area contributed by atoms with E-state index in [0.717, 1.165) is 72.2 Å². The number of phenols is 2. The lowest BCUT2D eigenvalue weighted by atomic mass is 9.76. The summed E-state index contributed by atoms with van der Waals surface area (Å²) >= 11 is 0. The molecule has 39 heavy (non-hydrogen) atoms. The fourth-order valence-corrected chi connectivity index (χ4v) is 5.38. The summed E-state index contributed by atoms with van der Waals surface area (Å²) in [4.78, 5) is 11.5. The highest BCUT2D eigenvalue weighted by atomic mass is 16.3. The lowest BCUT2D eigenvalue weighted by Crippen LogP contribution is -2.18. The number of phenolic OH excluding ortho intramolecular Hbond substituents is 2. The summed E-state index contributed by atoms with van der Waals surface area (Å²) in [5, 5.41) is 22.3. The number of aliphatic imine (C=N–C) groups is 2. The zero-order valence-corrected chi connectivity index (χ0v) is 23.5. The Morgan fingerprint density at radius 2 is 1.69 bits per heavy atom. The lowest BCUT2D eigenvalue weighted by Gasteiger charge is -2.28. The van der Waals surface area contributed by atoms with Crippen molar-refractivity contribution in [2.24, 2.45) is 21.6 Å². The predicted octanol–water partition coefficient (Wildman–Crippen LogP) is 6.42. The molecule has 1 atom stereocenters. The Morgan fingerprint density at radius 1 is 1.00 bits per heavy atom. The van der Waals surface area contributed by atoms with Crippen molar-refractivity contribution in [1.29, 1.82) is 0 Å². The topological polar surface area (TPSA) is 94.4 Å². The maximum Gasteiger partial charge on any atom is 0.124 e. The van der Waals surface area contributed by atoms with Crippen molar-refractivity contribution in [3.05, 3.63) is 88.3 Å². The first-order chi connectivity index (χ1) is 19.0. The molecule has 1 unspecified atom stereocenters. The highest BCUT2D eigenvalue weighted by Crippen LogP contribution is 2.47. The second-order valence-electron chi connectivity index (χ2n) is 10.3. The first-order valence-electron chi connectivity index (χ1n) is 14.2. The van der Waals surface area contributed by atoms with Crippen LogP contribution in [0.2, 0.25) is 0 Å². The van der Waals surface area contributed by atoms with E-state index in [0.29, 0.717) is 25.6 Å². The molecule has 206 valence electrons. The highest BCUT2D eigenvalue weighted by Gasteiger charge is 2.31. The average Bonchev–Trinajstić information content (AvgIpc) is 2.93. The van der Waals surface area contributed by atoms with Gasteiger partial charge in [-0.2, -0.15) is 0 Å². The van der Waals surface area contributed by atoms with Crippen LogP contribution in [0.4, 0.5) is 0 Å². The molecule has 4 rings (SSSR count). The van der Waals surface area contributed by atoms with Crippen LogP contribution in [0.1, 0.15) is 75.1 Å². The zero-order chi connectivity index (χ0) is 27.8. The fraction of sp³-hybridized carbons (Fsp3) is 0.394. The molecule has 1 heterocycles. The molecule has 6 heteroatoms. The first-order valence-corrected chi connectivity index (χ1v) is 14.2. The molecule has 4 N–H and O–H groups in total. The van der Waals surface area contributed by atoms with Gasteiger partial charge in [0.1, 0.15) is 11.5 Å². The monoisotopic (exact) mass is 526 g/mol. The number of nitrogens with zero attached hydrogens (tertiary/aromatic N) is 3. The van der Waals surface area contributed by atoms with Crippen LogP contribution in [-0.2, 0) is 0 Å². The number of allylic oxidation sites excluding steroid dienone is 3. The zero-order valence-electron chi connectivity index (χ0n) is 23.5. The third-order valence-electron chi connectivity index (χ3n) is 7.62. The molecular formula is C33H42N4O2. The molecule has 6 nitrogen and oxygen atoms in total. The first kappa shape index (κ1) is 28.4. The molecule has 2 aromatic rings. The van der Waals surface area contributed by atoms with Gasteiger partial charge in [0.05, 0.1) is 5.71 Å². The van der Waals surface area contributed by atoms with Crippen molar-refractivity contribution in [2.75, 3.05) is 26.2 Å². The second-order valence-corrected chi connectivity index (χ2v) is 10.3. The van der Waals surface area contributed by atoms with Crippen molar-refractivity contribution in [2.45, 2.75) is 52.9 Å². The van der Waals surface area contributed by atoms with E-state index < -0.39 is 0 Å². The minimum absolute atomic E-state index is 0.218. The Bertz CT molecular complexity index is 1260. The summed E-state index contributed by atoms with van der Waals surface area (Å²) in [5.41, 5.74) is 13.2. The summed E-state index contributed by atoms with van der Waals surface area (Å²) in [7, 11) is 0. The largest absolute Gasteiger partial charge is 0.507 e. The SMILES string of the molecule is CCC(CCCCN1C=CC(C)C(C)=C1)=C1c2c(O)cccc2C(=NCCCN=CCN)c2cccc(O)c21. The number of benzene rings is 2. The highest BCUT2D eigenvalue weighted by molar-refractivity contribution is 6.23. The van der Waals surface area contributed by atoms with E-state index in [-0.39, 0.29) is 11.5 Å². The van der Waals surface area contributed by atoms with Crippen LogP contribution < -0.4 is 5.73 Å². The standard InChI is InChI=1S/C33H42N4O2/c1-4-25(10-5-6-20-37-21-15-23(2)24(3)22-37)30-31-26(11-7-13-28(31)38)33(36-18-9-17-35-19-16-34)27-12-8-14-29(39)32(27)30/h7-8,11-15,19,21-23,38-39H,4-6,9-10,16-18,20,34H2,1-3H3. The third kappa shape index (κ3) is 6.51. The fourth-order valence-electron chi connectivity index (χ4n) is 5.38. The molecule has 0 amide bonds.